The van der Waals surface area contributed by atoms with E-state index in [1.807, 2.05) is 19.9 Å². The van der Waals surface area contributed by atoms with E-state index >= 15 is 0 Å². The van der Waals surface area contributed by atoms with Gasteiger partial charge in [-0.1, -0.05) is 12.1 Å². The Morgan fingerprint density at radius 2 is 1.96 bits per heavy atom. The fourth-order valence-corrected chi connectivity index (χ4v) is 2.20. The summed E-state index contributed by atoms with van der Waals surface area (Å²) in [5.41, 5.74) is 1.24. The van der Waals surface area contributed by atoms with Gasteiger partial charge in [-0.25, -0.2) is 4.68 Å². The van der Waals surface area contributed by atoms with Crippen molar-refractivity contribution in [2.75, 3.05) is 0 Å². The molecular weight excluding hydrogens is 321 g/mol. The van der Waals surface area contributed by atoms with Gasteiger partial charge >= 0.3 is 6.18 Å². The summed E-state index contributed by atoms with van der Waals surface area (Å²) in [6.07, 6.45) is -1.72. The van der Waals surface area contributed by atoms with E-state index in [4.69, 9.17) is 0 Å². The first kappa shape index (κ1) is 15.9. The van der Waals surface area contributed by atoms with Crippen LogP contribution < -0.4 is 0 Å². The Kier molecular flexibility index (Phi) is 3.92. The van der Waals surface area contributed by atoms with E-state index in [1.165, 1.54) is 29.4 Å². The fourth-order valence-electron chi connectivity index (χ4n) is 2.20. The van der Waals surface area contributed by atoms with E-state index < -0.39 is 11.7 Å². The highest BCUT2D eigenvalue weighted by Gasteiger charge is 2.30. The Balaban J connectivity index is 1.92. The highest BCUT2D eigenvalue weighted by atomic mass is 19.4. The van der Waals surface area contributed by atoms with E-state index in [0.717, 1.165) is 23.5 Å². The van der Waals surface area contributed by atoms with Gasteiger partial charge in [-0.05, 0) is 37.6 Å². The minimum Gasteiger partial charge on any atom is -0.202 e. The molecule has 0 radical (unpaired) electrons. The molecule has 0 aliphatic heterocycles. The van der Waals surface area contributed by atoms with Crippen LogP contribution >= 0.6 is 0 Å². The van der Waals surface area contributed by atoms with Crippen LogP contribution in [0, 0.1) is 13.8 Å². The molecule has 0 bridgehead atoms. The minimum absolute atomic E-state index is 0.317. The van der Waals surface area contributed by atoms with E-state index in [2.05, 4.69) is 20.4 Å². The first-order valence-corrected chi connectivity index (χ1v) is 7.00. The van der Waals surface area contributed by atoms with Gasteiger partial charge in [0.2, 0.25) is 0 Å². The second kappa shape index (κ2) is 5.91. The second-order valence-electron chi connectivity index (χ2n) is 5.18. The number of aryl methyl sites for hydroxylation is 2. The number of aromatic nitrogens is 5. The molecule has 2 heterocycles. The van der Waals surface area contributed by atoms with Crippen LogP contribution in [0.15, 0.2) is 41.8 Å². The maximum absolute atomic E-state index is 12.7. The van der Waals surface area contributed by atoms with Crippen LogP contribution in [0.3, 0.4) is 0 Å². The van der Waals surface area contributed by atoms with Crippen LogP contribution in [0.2, 0.25) is 0 Å². The van der Waals surface area contributed by atoms with E-state index in [-0.39, 0.29) is 0 Å². The molecule has 0 saturated heterocycles. The number of alkyl halides is 3. The molecule has 24 heavy (non-hydrogen) atoms. The Morgan fingerprint density at radius 3 is 2.62 bits per heavy atom. The molecule has 0 unspecified atom stereocenters. The van der Waals surface area contributed by atoms with Gasteiger partial charge in [0, 0.05) is 5.69 Å². The zero-order chi connectivity index (χ0) is 17.3. The summed E-state index contributed by atoms with van der Waals surface area (Å²) < 4.78 is 41.1. The molecule has 0 atom stereocenters. The summed E-state index contributed by atoms with van der Waals surface area (Å²) in [6.45, 7) is 3.70. The molecule has 0 N–H and O–H groups in total. The lowest BCUT2D eigenvalue weighted by molar-refractivity contribution is -0.137. The zero-order valence-corrected chi connectivity index (χ0v) is 12.9. The number of rotatable bonds is 3. The zero-order valence-electron chi connectivity index (χ0n) is 12.9. The highest BCUT2D eigenvalue weighted by molar-refractivity contribution is 5.79. The average molecular weight is 334 g/mol. The van der Waals surface area contributed by atoms with E-state index in [9.17, 15) is 13.2 Å². The second-order valence-corrected chi connectivity index (χ2v) is 5.18. The molecule has 1 aromatic carbocycles. The molecule has 3 aromatic rings. The van der Waals surface area contributed by atoms with Gasteiger partial charge in [-0.2, -0.15) is 28.0 Å². The smallest absolute Gasteiger partial charge is 0.202 e. The molecule has 0 saturated carbocycles. The van der Waals surface area contributed by atoms with Crippen LogP contribution in [0.1, 0.15) is 22.5 Å². The van der Waals surface area contributed by atoms with Gasteiger partial charge in [0.15, 0.2) is 0 Å². The van der Waals surface area contributed by atoms with Crippen molar-refractivity contribution in [1.29, 1.82) is 0 Å². The number of hydrogen-bond donors (Lipinski definition) is 0. The molecule has 6 nitrogen and oxygen atoms in total. The molecular formula is C15H13F3N6. The lowest BCUT2D eigenvalue weighted by atomic mass is 10.1. The van der Waals surface area contributed by atoms with Gasteiger partial charge in [-0.15, -0.1) is 10.2 Å². The molecule has 124 valence electrons. The Bertz CT molecular complexity index is 891. The lowest BCUT2D eigenvalue weighted by Crippen LogP contribution is -2.07. The van der Waals surface area contributed by atoms with Gasteiger partial charge in [0.1, 0.15) is 6.33 Å². The quantitative estimate of drug-likeness (QED) is 0.692. The number of hydrogen-bond acceptors (Lipinski definition) is 4. The molecule has 0 aliphatic carbocycles. The van der Waals surface area contributed by atoms with Gasteiger partial charge in [0.05, 0.1) is 17.5 Å². The largest absolute Gasteiger partial charge is 0.416 e. The van der Waals surface area contributed by atoms with Crippen molar-refractivity contribution in [1.82, 2.24) is 24.7 Å². The van der Waals surface area contributed by atoms with Crippen LogP contribution in [-0.2, 0) is 6.18 Å². The topological polar surface area (TPSA) is 60.9 Å². The van der Waals surface area contributed by atoms with Crippen molar-refractivity contribution in [3.05, 3.63) is 59.2 Å². The van der Waals surface area contributed by atoms with Crippen LogP contribution in [0.5, 0.6) is 0 Å². The molecule has 0 fully saturated rings. The normalized spacial score (nSPS) is 12.2. The fraction of sp³-hybridized carbons (Fsp3) is 0.200. The van der Waals surface area contributed by atoms with Crippen molar-refractivity contribution in [2.45, 2.75) is 20.0 Å². The van der Waals surface area contributed by atoms with Crippen LogP contribution in [0.25, 0.3) is 5.95 Å². The summed E-state index contributed by atoms with van der Waals surface area (Å²) in [5, 5.41) is 16.1. The molecule has 9 heteroatoms. The molecule has 2 aromatic heterocycles. The summed E-state index contributed by atoms with van der Waals surface area (Å²) >= 11 is 0. The van der Waals surface area contributed by atoms with Gasteiger partial charge in [-0.3, -0.25) is 0 Å². The van der Waals surface area contributed by atoms with Crippen molar-refractivity contribution < 1.29 is 13.2 Å². The van der Waals surface area contributed by atoms with Crippen LogP contribution in [0.4, 0.5) is 13.2 Å². The monoisotopic (exact) mass is 334 g/mol. The Hall–Kier alpha value is -2.97. The first-order valence-electron chi connectivity index (χ1n) is 7.00. The maximum Gasteiger partial charge on any atom is 0.416 e. The van der Waals surface area contributed by atoms with E-state index in [0.29, 0.717) is 11.5 Å². The third-order valence-electron chi connectivity index (χ3n) is 3.26. The predicted octanol–water partition coefficient (Wildman–Crippen LogP) is 2.98. The predicted molar refractivity (Wildman–Crippen MR) is 81.1 cm³/mol. The Morgan fingerprint density at radius 1 is 1.17 bits per heavy atom. The average Bonchev–Trinajstić information content (AvgIpc) is 3.10. The van der Waals surface area contributed by atoms with E-state index in [1.54, 1.807) is 4.68 Å². The summed E-state index contributed by atoms with van der Waals surface area (Å²) in [7, 11) is 0. The first-order chi connectivity index (χ1) is 11.3. The molecule has 0 aliphatic rings. The van der Waals surface area contributed by atoms with Crippen LogP contribution in [-0.4, -0.2) is 30.9 Å². The van der Waals surface area contributed by atoms with Crippen molar-refractivity contribution in [3.63, 3.8) is 0 Å². The van der Waals surface area contributed by atoms with Gasteiger partial charge in [0.25, 0.3) is 5.95 Å². The summed E-state index contributed by atoms with van der Waals surface area (Å²) in [4.78, 5) is 0. The van der Waals surface area contributed by atoms with Crippen molar-refractivity contribution in [3.8, 4) is 5.95 Å². The standard InChI is InChI=1S/C15H13F3N6/c1-10-6-11(2)24(22-10)14-21-19-9-23(14)20-8-12-4-3-5-13(7-12)15(16,17)18/h3-9H,1-2H3/b20-8-. The minimum atomic E-state index is -4.39. The number of benzene rings is 1. The molecule has 0 amide bonds. The Labute approximate surface area is 135 Å². The molecule has 0 spiro atoms. The van der Waals surface area contributed by atoms with Crippen molar-refractivity contribution in [2.24, 2.45) is 5.10 Å². The lowest BCUT2D eigenvalue weighted by Gasteiger charge is -2.06. The number of halogens is 3. The third kappa shape index (κ3) is 3.19. The van der Waals surface area contributed by atoms with Crippen molar-refractivity contribution >= 4 is 6.21 Å². The maximum atomic E-state index is 12.7. The summed E-state index contributed by atoms with van der Waals surface area (Å²) in [5.74, 6) is 0.351. The number of nitrogens with zero attached hydrogens (tertiary/aromatic N) is 6. The summed E-state index contributed by atoms with van der Waals surface area (Å²) in [6, 6.07) is 6.77. The SMILES string of the molecule is Cc1cc(C)n(-c2nncn2/N=C\c2cccc(C(F)(F)F)c2)n1. The third-order valence-corrected chi connectivity index (χ3v) is 3.26. The highest BCUT2D eigenvalue weighted by Crippen LogP contribution is 2.29. The molecule has 3 rings (SSSR count). The van der Waals surface area contributed by atoms with Gasteiger partial charge < -0.3 is 0 Å².